The molecule has 0 spiro atoms. The van der Waals surface area contributed by atoms with Gasteiger partial charge in [0.1, 0.15) is 17.3 Å². The summed E-state index contributed by atoms with van der Waals surface area (Å²) >= 11 is 0. The second kappa shape index (κ2) is 9.77. The third kappa shape index (κ3) is 5.16. The Morgan fingerprint density at radius 1 is 1.21 bits per heavy atom. The summed E-state index contributed by atoms with van der Waals surface area (Å²) in [5.41, 5.74) is 8.44. The van der Waals surface area contributed by atoms with Crippen LogP contribution in [0.4, 0.5) is 10.2 Å². The number of hydrogen-bond acceptors (Lipinski definition) is 5. The van der Waals surface area contributed by atoms with Crippen molar-refractivity contribution in [2.24, 2.45) is 0 Å². The highest BCUT2D eigenvalue weighted by molar-refractivity contribution is 5.95. The van der Waals surface area contributed by atoms with Crippen LogP contribution < -0.4 is 11.1 Å². The van der Waals surface area contributed by atoms with Gasteiger partial charge in [-0.2, -0.15) is 0 Å². The second-order valence-corrected chi connectivity index (χ2v) is 8.20. The molecular weight excluding hydrogens is 421 g/mol. The van der Waals surface area contributed by atoms with Crippen molar-refractivity contribution in [2.45, 2.75) is 32.2 Å². The first-order valence-electron chi connectivity index (χ1n) is 10.9. The predicted molar refractivity (Wildman–Crippen MR) is 124 cm³/mol. The predicted octanol–water partition coefficient (Wildman–Crippen LogP) is 3.52. The number of carbonyl (C=O) groups excluding carboxylic acids is 2. The summed E-state index contributed by atoms with van der Waals surface area (Å²) in [5, 5.41) is 2.73. The molecule has 7 nitrogen and oxygen atoms in total. The minimum Gasteiger partial charge on any atom is -0.382 e. The molecule has 0 radical (unpaired) electrons. The minimum absolute atomic E-state index is 0.0338. The number of anilines is 1. The number of nitrogens with one attached hydrogen (secondary N) is 1. The third-order valence-electron chi connectivity index (χ3n) is 5.89. The lowest BCUT2D eigenvalue weighted by atomic mass is 9.94. The smallest absolute Gasteiger partial charge is 0.254 e. The fraction of sp³-hybridized carbons (Fsp3) is 0.280. The number of hydrogen-bond donors (Lipinski definition) is 2. The van der Waals surface area contributed by atoms with Crippen LogP contribution in [0.5, 0.6) is 0 Å². The Morgan fingerprint density at radius 3 is 2.73 bits per heavy atom. The Kier molecular flexibility index (Phi) is 6.63. The Morgan fingerprint density at radius 2 is 2.00 bits per heavy atom. The van der Waals surface area contributed by atoms with Gasteiger partial charge >= 0.3 is 0 Å². The fourth-order valence-corrected chi connectivity index (χ4v) is 4.05. The van der Waals surface area contributed by atoms with Crippen LogP contribution in [0.15, 0.2) is 54.7 Å². The Labute approximate surface area is 191 Å². The average Bonchev–Trinajstić information content (AvgIpc) is 2.83. The maximum Gasteiger partial charge on any atom is 0.254 e. The molecule has 4 rings (SSSR count). The van der Waals surface area contributed by atoms with Crippen molar-refractivity contribution in [2.75, 3.05) is 18.8 Å². The van der Waals surface area contributed by atoms with Gasteiger partial charge in [-0.05, 0) is 30.5 Å². The van der Waals surface area contributed by atoms with Gasteiger partial charge in [0.25, 0.3) is 5.91 Å². The van der Waals surface area contributed by atoms with Crippen LogP contribution in [-0.2, 0) is 11.3 Å². The molecule has 1 aliphatic heterocycles. The van der Waals surface area contributed by atoms with E-state index in [2.05, 4.69) is 15.3 Å². The van der Waals surface area contributed by atoms with E-state index < -0.39 is 11.7 Å². The normalized spacial score (nSPS) is 15.8. The van der Waals surface area contributed by atoms with Gasteiger partial charge in [0.2, 0.25) is 5.91 Å². The van der Waals surface area contributed by atoms with E-state index >= 15 is 0 Å². The number of nitrogen functional groups attached to an aromatic ring is 1. The Bertz CT molecular complexity index is 1170. The Hall–Kier alpha value is -3.81. The zero-order valence-corrected chi connectivity index (χ0v) is 18.4. The topological polar surface area (TPSA) is 101 Å². The van der Waals surface area contributed by atoms with E-state index in [0.29, 0.717) is 24.3 Å². The average molecular weight is 448 g/mol. The summed E-state index contributed by atoms with van der Waals surface area (Å²) in [5.74, 6) is -0.903. The number of nitrogens with two attached hydrogens (primary N) is 1. The van der Waals surface area contributed by atoms with E-state index in [-0.39, 0.29) is 23.2 Å². The molecule has 3 aromatic rings. The monoisotopic (exact) mass is 447 g/mol. The minimum atomic E-state index is -0.662. The highest BCUT2D eigenvalue weighted by Gasteiger charge is 2.25. The van der Waals surface area contributed by atoms with Crippen LogP contribution in [-0.4, -0.2) is 39.8 Å². The van der Waals surface area contributed by atoms with Crippen LogP contribution in [0.2, 0.25) is 0 Å². The highest BCUT2D eigenvalue weighted by Crippen LogP contribution is 2.30. The van der Waals surface area contributed by atoms with Gasteiger partial charge < -0.3 is 16.0 Å². The van der Waals surface area contributed by atoms with Crippen molar-refractivity contribution in [3.8, 4) is 11.3 Å². The van der Waals surface area contributed by atoms with Crippen LogP contribution in [0.3, 0.4) is 0 Å². The SMILES string of the molecule is CC(=O)N1CCCC(c2cnc(N)c(-c3ccc(C(=O)NCc4ccccc4)c(F)c3)n2)C1. The number of likely N-dealkylation sites (tertiary alicyclic amines) is 1. The molecule has 1 saturated heterocycles. The number of nitrogens with zero attached hydrogens (tertiary/aromatic N) is 3. The van der Waals surface area contributed by atoms with E-state index in [1.807, 2.05) is 30.3 Å². The summed E-state index contributed by atoms with van der Waals surface area (Å²) in [6, 6.07) is 13.7. The number of rotatable bonds is 5. The molecule has 0 bridgehead atoms. The van der Waals surface area contributed by atoms with Crippen molar-refractivity contribution in [3.63, 3.8) is 0 Å². The molecule has 1 fully saturated rings. The van der Waals surface area contributed by atoms with E-state index in [4.69, 9.17) is 5.73 Å². The number of aromatic nitrogens is 2. The van der Waals surface area contributed by atoms with Crippen molar-refractivity contribution in [1.29, 1.82) is 0 Å². The van der Waals surface area contributed by atoms with Crippen molar-refractivity contribution in [1.82, 2.24) is 20.2 Å². The zero-order chi connectivity index (χ0) is 23.4. The quantitative estimate of drug-likeness (QED) is 0.623. The van der Waals surface area contributed by atoms with E-state index in [9.17, 15) is 14.0 Å². The molecule has 2 amide bonds. The lowest BCUT2D eigenvalue weighted by Gasteiger charge is -2.31. The summed E-state index contributed by atoms with van der Waals surface area (Å²) < 4.78 is 14.8. The van der Waals surface area contributed by atoms with Gasteiger partial charge in [0.05, 0.1) is 17.5 Å². The first-order chi connectivity index (χ1) is 15.9. The maximum absolute atomic E-state index is 14.8. The second-order valence-electron chi connectivity index (χ2n) is 8.20. The Balaban J connectivity index is 1.53. The number of benzene rings is 2. The number of halogens is 1. The van der Waals surface area contributed by atoms with Gasteiger partial charge in [-0.15, -0.1) is 0 Å². The lowest BCUT2D eigenvalue weighted by Crippen LogP contribution is -2.37. The molecule has 2 aromatic carbocycles. The molecule has 2 heterocycles. The molecule has 1 aliphatic rings. The molecule has 3 N–H and O–H groups in total. The number of piperidine rings is 1. The van der Waals surface area contributed by atoms with Crippen molar-refractivity contribution >= 4 is 17.6 Å². The van der Waals surface area contributed by atoms with Crippen LogP contribution in [0.25, 0.3) is 11.3 Å². The third-order valence-corrected chi connectivity index (χ3v) is 5.89. The molecular formula is C25H26FN5O2. The zero-order valence-electron chi connectivity index (χ0n) is 18.4. The van der Waals surface area contributed by atoms with Gasteiger partial charge in [0.15, 0.2) is 0 Å². The molecule has 170 valence electrons. The van der Waals surface area contributed by atoms with Gasteiger partial charge in [-0.1, -0.05) is 36.4 Å². The summed E-state index contributed by atoms with van der Waals surface area (Å²) in [6.07, 6.45) is 3.39. The highest BCUT2D eigenvalue weighted by atomic mass is 19.1. The molecule has 1 atom stereocenters. The fourth-order valence-electron chi connectivity index (χ4n) is 4.05. The largest absolute Gasteiger partial charge is 0.382 e. The lowest BCUT2D eigenvalue weighted by molar-refractivity contribution is -0.130. The van der Waals surface area contributed by atoms with Gasteiger partial charge in [-0.25, -0.2) is 14.4 Å². The van der Waals surface area contributed by atoms with E-state index in [0.717, 1.165) is 30.6 Å². The number of carbonyl (C=O) groups is 2. The standard InChI is InChI=1S/C25H26FN5O2/c1-16(32)31-11-5-8-19(15-31)22-14-28-24(27)23(30-22)18-9-10-20(21(26)12-18)25(33)29-13-17-6-3-2-4-7-17/h2-4,6-7,9-10,12,14,19H,5,8,11,13,15H2,1H3,(H2,27,28)(H,29,33). The van der Waals surface area contributed by atoms with Crippen LogP contribution in [0, 0.1) is 5.82 Å². The first kappa shape index (κ1) is 22.4. The van der Waals surface area contributed by atoms with E-state index in [1.165, 1.54) is 12.1 Å². The number of amides is 2. The first-order valence-corrected chi connectivity index (χ1v) is 10.9. The van der Waals surface area contributed by atoms with Crippen LogP contribution in [0.1, 0.15) is 47.3 Å². The molecule has 0 saturated carbocycles. The molecule has 0 aliphatic carbocycles. The molecule has 1 unspecified atom stereocenters. The maximum atomic E-state index is 14.8. The van der Waals surface area contributed by atoms with Crippen molar-refractivity contribution < 1.29 is 14.0 Å². The van der Waals surface area contributed by atoms with Crippen molar-refractivity contribution in [3.05, 3.63) is 77.4 Å². The van der Waals surface area contributed by atoms with E-state index in [1.54, 1.807) is 24.1 Å². The molecule has 33 heavy (non-hydrogen) atoms. The molecule has 1 aromatic heterocycles. The summed E-state index contributed by atoms with van der Waals surface area (Å²) in [4.78, 5) is 34.9. The van der Waals surface area contributed by atoms with Gasteiger partial charge in [-0.3, -0.25) is 9.59 Å². The summed E-state index contributed by atoms with van der Waals surface area (Å²) in [6.45, 7) is 3.17. The van der Waals surface area contributed by atoms with Crippen LogP contribution >= 0.6 is 0 Å². The molecule has 8 heteroatoms. The summed E-state index contributed by atoms with van der Waals surface area (Å²) in [7, 11) is 0. The van der Waals surface area contributed by atoms with Gasteiger partial charge in [0, 0.05) is 38.0 Å².